The summed E-state index contributed by atoms with van der Waals surface area (Å²) in [5.74, 6) is 0. The molecule has 57 heavy (non-hydrogen) atoms. The van der Waals surface area contributed by atoms with Crippen molar-refractivity contribution in [3.8, 4) is 16.8 Å². The smallest absolute Gasteiger partial charge is 0.0620 e. The van der Waals surface area contributed by atoms with Gasteiger partial charge in [0.15, 0.2) is 0 Å². The van der Waals surface area contributed by atoms with Crippen LogP contribution in [0.15, 0.2) is 206 Å². The monoisotopic (exact) mass is 742 g/mol. The van der Waals surface area contributed by atoms with Gasteiger partial charge in [-0.1, -0.05) is 152 Å². The summed E-state index contributed by atoms with van der Waals surface area (Å²) < 4.78 is 5.08. The van der Waals surface area contributed by atoms with Crippen LogP contribution >= 0.6 is 11.3 Å². The van der Waals surface area contributed by atoms with Gasteiger partial charge < -0.3 is 9.47 Å². The van der Waals surface area contributed by atoms with E-state index in [1.807, 2.05) is 11.3 Å². The first-order valence-electron chi connectivity index (χ1n) is 19.5. The molecule has 10 aromatic carbocycles. The Morgan fingerprint density at radius 3 is 1.86 bits per heavy atom. The number of anilines is 3. The molecular formula is C54H34N2S. The molecule has 0 radical (unpaired) electrons. The van der Waals surface area contributed by atoms with Crippen LogP contribution in [0.3, 0.4) is 0 Å². The van der Waals surface area contributed by atoms with Crippen molar-refractivity contribution in [2.24, 2.45) is 0 Å². The van der Waals surface area contributed by atoms with Crippen molar-refractivity contribution >= 4 is 103 Å². The summed E-state index contributed by atoms with van der Waals surface area (Å²) in [5, 5.41) is 12.6. The Bertz CT molecular complexity index is 3520. The van der Waals surface area contributed by atoms with Crippen LogP contribution in [0, 0.1) is 0 Å². The summed E-state index contributed by atoms with van der Waals surface area (Å²) >= 11 is 1.88. The zero-order valence-corrected chi connectivity index (χ0v) is 31.7. The highest BCUT2D eigenvalue weighted by Crippen LogP contribution is 2.47. The molecule has 0 bridgehead atoms. The predicted octanol–water partition coefficient (Wildman–Crippen LogP) is 15.7. The van der Waals surface area contributed by atoms with Gasteiger partial charge in [0, 0.05) is 53.4 Å². The molecule has 0 aliphatic rings. The molecule has 2 heterocycles. The quantitative estimate of drug-likeness (QED) is 0.170. The fourth-order valence-corrected chi connectivity index (χ4v) is 10.3. The van der Waals surface area contributed by atoms with Crippen LogP contribution in [-0.4, -0.2) is 4.57 Å². The largest absolute Gasteiger partial charge is 0.310 e. The van der Waals surface area contributed by atoms with Crippen molar-refractivity contribution in [2.75, 3.05) is 4.90 Å². The predicted molar refractivity (Wildman–Crippen MR) is 246 cm³/mol. The van der Waals surface area contributed by atoms with E-state index in [-0.39, 0.29) is 0 Å². The van der Waals surface area contributed by atoms with E-state index >= 15 is 0 Å². The molecule has 0 aliphatic carbocycles. The second kappa shape index (κ2) is 12.7. The van der Waals surface area contributed by atoms with Crippen molar-refractivity contribution in [3.05, 3.63) is 206 Å². The van der Waals surface area contributed by atoms with Crippen LogP contribution in [-0.2, 0) is 0 Å². The lowest BCUT2D eigenvalue weighted by Gasteiger charge is -2.27. The molecule has 0 spiro atoms. The number of rotatable bonds is 5. The molecule has 12 aromatic rings. The molecule has 0 atom stereocenters. The zero-order chi connectivity index (χ0) is 37.5. The Balaban J connectivity index is 1.15. The minimum atomic E-state index is 1.11. The minimum absolute atomic E-state index is 1.11. The van der Waals surface area contributed by atoms with E-state index in [4.69, 9.17) is 0 Å². The molecule has 2 nitrogen and oxygen atoms in total. The Labute approximate surface area is 333 Å². The van der Waals surface area contributed by atoms with E-state index in [2.05, 4.69) is 216 Å². The lowest BCUT2D eigenvalue weighted by Crippen LogP contribution is -2.10. The molecule has 2 aromatic heterocycles. The van der Waals surface area contributed by atoms with Gasteiger partial charge in [-0.2, -0.15) is 0 Å². The van der Waals surface area contributed by atoms with Crippen LogP contribution in [0.1, 0.15) is 0 Å². The molecule has 0 saturated heterocycles. The van der Waals surface area contributed by atoms with E-state index < -0.39 is 0 Å². The number of hydrogen-bond donors (Lipinski definition) is 0. The zero-order valence-electron chi connectivity index (χ0n) is 30.9. The molecule has 0 N–H and O–H groups in total. The molecule has 0 amide bonds. The van der Waals surface area contributed by atoms with Crippen LogP contribution in [0.25, 0.3) is 91.1 Å². The summed E-state index contributed by atoms with van der Waals surface area (Å²) in [6, 6.07) is 75.8. The lowest BCUT2D eigenvalue weighted by molar-refractivity contribution is 1.19. The highest BCUT2D eigenvalue weighted by molar-refractivity contribution is 7.26. The van der Waals surface area contributed by atoms with Crippen molar-refractivity contribution < 1.29 is 0 Å². The van der Waals surface area contributed by atoms with Crippen molar-refractivity contribution in [1.82, 2.24) is 4.57 Å². The van der Waals surface area contributed by atoms with Crippen LogP contribution < -0.4 is 4.90 Å². The number of aromatic nitrogens is 1. The number of fused-ring (bicyclic) bond motifs is 11. The Hall–Kier alpha value is -7.20. The molecule has 0 aliphatic heterocycles. The minimum Gasteiger partial charge on any atom is -0.310 e. The normalized spacial score (nSPS) is 11.9. The van der Waals surface area contributed by atoms with E-state index in [0.29, 0.717) is 0 Å². The van der Waals surface area contributed by atoms with Gasteiger partial charge in [0.1, 0.15) is 0 Å². The summed E-state index contributed by atoms with van der Waals surface area (Å²) in [5.41, 5.74) is 9.34. The summed E-state index contributed by atoms with van der Waals surface area (Å²) in [7, 11) is 0. The van der Waals surface area contributed by atoms with Gasteiger partial charge in [-0.15, -0.1) is 11.3 Å². The molecule has 0 saturated carbocycles. The standard InChI is InChI=1S/C54H34N2S/c1-2-11-35(12-3-1)37-21-26-41(27-22-37)55(43-29-31-46-51(34-43)57-50-32-25-38-14-6-8-17-44(38)52(46)50)48-19-10-20-49-53(48)47-30-24-39-15-7-9-18-45(39)54(47)56(49)42-28-23-36-13-4-5-16-40(36)33-42/h1-34H. The Morgan fingerprint density at radius 2 is 1.02 bits per heavy atom. The van der Waals surface area contributed by atoms with Crippen LogP contribution in [0.4, 0.5) is 17.1 Å². The topological polar surface area (TPSA) is 8.17 Å². The molecule has 266 valence electrons. The van der Waals surface area contributed by atoms with Gasteiger partial charge in [-0.25, -0.2) is 0 Å². The van der Waals surface area contributed by atoms with Crippen molar-refractivity contribution in [3.63, 3.8) is 0 Å². The maximum atomic E-state index is 2.49. The van der Waals surface area contributed by atoms with Gasteiger partial charge in [0.05, 0.1) is 16.7 Å². The molecule has 3 heteroatoms. The van der Waals surface area contributed by atoms with Crippen molar-refractivity contribution in [2.45, 2.75) is 0 Å². The molecule has 12 rings (SSSR count). The second-order valence-corrected chi connectivity index (χ2v) is 16.0. The maximum Gasteiger partial charge on any atom is 0.0620 e. The third kappa shape index (κ3) is 5.03. The van der Waals surface area contributed by atoms with Crippen LogP contribution in [0.2, 0.25) is 0 Å². The van der Waals surface area contributed by atoms with E-state index in [1.165, 1.54) is 85.4 Å². The average molecular weight is 743 g/mol. The van der Waals surface area contributed by atoms with Crippen LogP contribution in [0.5, 0.6) is 0 Å². The maximum absolute atomic E-state index is 2.49. The Morgan fingerprint density at radius 1 is 0.368 bits per heavy atom. The Kier molecular flexibility index (Phi) is 7.13. The first-order valence-corrected chi connectivity index (χ1v) is 20.3. The fourth-order valence-electron chi connectivity index (χ4n) is 9.11. The molecular weight excluding hydrogens is 709 g/mol. The first-order chi connectivity index (χ1) is 28.3. The number of benzene rings is 10. The second-order valence-electron chi connectivity index (χ2n) is 14.9. The summed E-state index contributed by atoms with van der Waals surface area (Å²) in [6.07, 6.45) is 0. The van der Waals surface area contributed by atoms with Gasteiger partial charge >= 0.3 is 0 Å². The van der Waals surface area contributed by atoms with Gasteiger partial charge in [0.25, 0.3) is 0 Å². The first kappa shape index (κ1) is 32.1. The van der Waals surface area contributed by atoms with E-state index in [0.717, 1.165) is 22.7 Å². The average Bonchev–Trinajstić information content (AvgIpc) is 3.83. The molecule has 0 unspecified atom stereocenters. The fraction of sp³-hybridized carbons (Fsp3) is 0. The number of nitrogens with zero attached hydrogens (tertiary/aromatic N) is 2. The SMILES string of the molecule is c1ccc(-c2ccc(N(c3ccc4c(c3)sc3ccc5ccccc5c34)c3cccc4c3c3ccc5ccccc5c3n4-c3ccc4ccccc4c3)cc2)cc1. The summed E-state index contributed by atoms with van der Waals surface area (Å²) in [4.78, 5) is 2.47. The highest BCUT2D eigenvalue weighted by atomic mass is 32.1. The van der Waals surface area contributed by atoms with Crippen molar-refractivity contribution in [1.29, 1.82) is 0 Å². The molecule has 0 fully saturated rings. The third-order valence-corrected chi connectivity index (χ3v) is 12.8. The summed E-state index contributed by atoms with van der Waals surface area (Å²) in [6.45, 7) is 0. The van der Waals surface area contributed by atoms with E-state index in [1.54, 1.807) is 0 Å². The number of hydrogen-bond acceptors (Lipinski definition) is 2. The third-order valence-electron chi connectivity index (χ3n) is 11.7. The number of thiophene rings is 1. The van der Waals surface area contributed by atoms with Gasteiger partial charge in [-0.3, -0.25) is 0 Å². The lowest BCUT2D eigenvalue weighted by atomic mass is 10.0. The van der Waals surface area contributed by atoms with E-state index in [9.17, 15) is 0 Å². The van der Waals surface area contributed by atoms with Gasteiger partial charge in [-0.05, 0) is 92.7 Å². The van der Waals surface area contributed by atoms with Gasteiger partial charge in [0.2, 0.25) is 0 Å². The highest BCUT2D eigenvalue weighted by Gasteiger charge is 2.23.